The molecule has 5 nitrogen and oxygen atoms in total. The summed E-state index contributed by atoms with van der Waals surface area (Å²) in [5.74, 6) is 0.0595. The molecule has 8 heteroatoms. The Morgan fingerprint density at radius 3 is 1.83 bits per heavy atom. The monoisotopic (exact) mass is 493 g/mol. The summed E-state index contributed by atoms with van der Waals surface area (Å²) in [4.78, 5) is 32.9. The van der Waals surface area contributed by atoms with Gasteiger partial charge in [0.15, 0.2) is 0 Å². The molecular formula is C28H26F3N3O2. The third-order valence-electron chi connectivity index (χ3n) is 6.73. The molecule has 0 saturated carbocycles. The maximum Gasteiger partial charge on any atom is 0.433 e. The van der Waals surface area contributed by atoms with Crippen molar-refractivity contribution in [2.75, 3.05) is 22.9 Å². The van der Waals surface area contributed by atoms with Crippen LogP contribution in [-0.2, 0) is 15.8 Å². The first-order valence-corrected chi connectivity index (χ1v) is 12.2. The van der Waals surface area contributed by atoms with E-state index in [0.29, 0.717) is 54.0 Å². The number of hydrogen-bond acceptors (Lipinski definition) is 3. The van der Waals surface area contributed by atoms with Gasteiger partial charge in [-0.3, -0.25) is 9.59 Å². The molecule has 3 aromatic rings. The van der Waals surface area contributed by atoms with Gasteiger partial charge in [0.2, 0.25) is 11.8 Å². The van der Waals surface area contributed by atoms with Gasteiger partial charge in [0.25, 0.3) is 0 Å². The number of benzene rings is 2. The second kappa shape index (κ2) is 9.76. The van der Waals surface area contributed by atoms with E-state index < -0.39 is 11.9 Å². The van der Waals surface area contributed by atoms with Crippen LogP contribution in [-0.4, -0.2) is 29.9 Å². The van der Waals surface area contributed by atoms with Crippen molar-refractivity contribution in [2.45, 2.75) is 44.7 Å². The van der Waals surface area contributed by atoms with Crippen LogP contribution in [0, 0.1) is 0 Å². The zero-order valence-corrected chi connectivity index (χ0v) is 19.7. The van der Waals surface area contributed by atoms with Crippen molar-refractivity contribution in [3.05, 3.63) is 66.4 Å². The second-order valence-corrected chi connectivity index (χ2v) is 9.19. The standard InChI is InChI=1S/C28H26F3N3O2/c29-28(30,31)25-11-7-10-24(32-25)23-9-2-1-8-22(23)19-16-20(33-14-5-3-12-26(33)35)18-21(17-19)34-15-6-4-13-27(34)36/h1-2,7-11,16-18H,3-6,12-15H2. The smallest absolute Gasteiger partial charge is 0.312 e. The van der Waals surface area contributed by atoms with Gasteiger partial charge >= 0.3 is 6.18 Å². The Morgan fingerprint density at radius 1 is 0.694 bits per heavy atom. The molecular weight excluding hydrogens is 467 g/mol. The van der Waals surface area contributed by atoms with Crippen LogP contribution in [0.1, 0.15) is 44.2 Å². The quantitative estimate of drug-likeness (QED) is 0.419. The number of pyridine rings is 1. The van der Waals surface area contributed by atoms with Crippen LogP contribution in [0.15, 0.2) is 60.7 Å². The number of aromatic nitrogens is 1. The first kappa shape index (κ1) is 24.0. The van der Waals surface area contributed by atoms with E-state index in [9.17, 15) is 22.8 Å². The third kappa shape index (κ3) is 4.85. The van der Waals surface area contributed by atoms with Crippen LogP contribution in [0.5, 0.6) is 0 Å². The molecule has 2 aromatic carbocycles. The minimum absolute atomic E-state index is 0.0298. The Labute approximate surface area is 207 Å². The Morgan fingerprint density at radius 2 is 1.28 bits per heavy atom. The molecule has 186 valence electrons. The molecule has 2 saturated heterocycles. The van der Waals surface area contributed by atoms with E-state index in [1.165, 1.54) is 6.07 Å². The number of alkyl halides is 3. The van der Waals surface area contributed by atoms with Crippen LogP contribution in [0.25, 0.3) is 22.4 Å². The molecule has 0 unspecified atom stereocenters. The van der Waals surface area contributed by atoms with Crippen LogP contribution in [0.2, 0.25) is 0 Å². The van der Waals surface area contributed by atoms with E-state index in [1.807, 2.05) is 30.3 Å². The van der Waals surface area contributed by atoms with E-state index in [-0.39, 0.29) is 17.5 Å². The van der Waals surface area contributed by atoms with Crippen molar-refractivity contribution < 1.29 is 22.8 Å². The number of carbonyl (C=O) groups excluding carboxylic acids is 2. The maximum atomic E-state index is 13.4. The lowest BCUT2D eigenvalue weighted by atomic mass is 9.95. The van der Waals surface area contributed by atoms with Gasteiger partial charge in [-0.05, 0) is 67.1 Å². The summed E-state index contributed by atoms with van der Waals surface area (Å²) in [6.45, 7) is 1.18. The predicted octanol–water partition coefficient (Wildman–Crippen LogP) is 6.47. The van der Waals surface area contributed by atoms with Gasteiger partial charge in [-0.15, -0.1) is 0 Å². The summed E-state index contributed by atoms with van der Waals surface area (Å²) in [5.41, 5.74) is 2.57. The minimum atomic E-state index is -4.55. The Hall–Kier alpha value is -3.68. The highest BCUT2D eigenvalue weighted by Crippen LogP contribution is 2.38. The molecule has 1 aromatic heterocycles. The predicted molar refractivity (Wildman–Crippen MR) is 133 cm³/mol. The molecule has 2 amide bonds. The number of hydrogen-bond donors (Lipinski definition) is 0. The number of anilines is 2. The average molecular weight is 494 g/mol. The van der Waals surface area contributed by atoms with Crippen molar-refractivity contribution in [2.24, 2.45) is 0 Å². The molecule has 0 aliphatic carbocycles. The lowest BCUT2D eigenvalue weighted by molar-refractivity contribution is -0.141. The number of carbonyl (C=O) groups is 2. The lowest BCUT2D eigenvalue weighted by Gasteiger charge is -2.31. The van der Waals surface area contributed by atoms with Crippen molar-refractivity contribution in [1.82, 2.24) is 4.98 Å². The Balaban J connectivity index is 1.65. The van der Waals surface area contributed by atoms with E-state index >= 15 is 0 Å². The van der Waals surface area contributed by atoms with Crippen LogP contribution < -0.4 is 9.80 Å². The molecule has 2 aliphatic heterocycles. The van der Waals surface area contributed by atoms with E-state index in [2.05, 4.69) is 4.98 Å². The fourth-order valence-electron chi connectivity index (χ4n) is 4.92. The highest BCUT2D eigenvalue weighted by atomic mass is 19.4. The number of nitrogens with zero attached hydrogens (tertiary/aromatic N) is 3. The largest absolute Gasteiger partial charge is 0.433 e. The summed E-state index contributed by atoms with van der Waals surface area (Å²) < 4.78 is 40.1. The van der Waals surface area contributed by atoms with E-state index in [4.69, 9.17) is 0 Å². The number of amides is 2. The molecule has 0 spiro atoms. The molecule has 2 aliphatic rings. The maximum absolute atomic E-state index is 13.4. The summed E-state index contributed by atoms with van der Waals surface area (Å²) >= 11 is 0. The zero-order chi connectivity index (χ0) is 25.3. The summed E-state index contributed by atoms with van der Waals surface area (Å²) in [6, 6.07) is 16.6. The third-order valence-corrected chi connectivity index (χ3v) is 6.73. The fourth-order valence-corrected chi connectivity index (χ4v) is 4.92. The number of piperidine rings is 2. The molecule has 0 atom stereocenters. The van der Waals surface area contributed by atoms with Gasteiger partial charge in [0.05, 0.1) is 5.69 Å². The zero-order valence-electron chi connectivity index (χ0n) is 19.7. The summed E-state index contributed by atoms with van der Waals surface area (Å²) in [5, 5.41) is 0. The van der Waals surface area contributed by atoms with Crippen LogP contribution in [0.4, 0.5) is 24.5 Å². The van der Waals surface area contributed by atoms with E-state index in [0.717, 1.165) is 31.7 Å². The van der Waals surface area contributed by atoms with Crippen LogP contribution in [0.3, 0.4) is 0 Å². The Kier molecular flexibility index (Phi) is 6.51. The highest BCUT2D eigenvalue weighted by molar-refractivity contribution is 5.99. The molecule has 3 heterocycles. The van der Waals surface area contributed by atoms with Crippen molar-refractivity contribution in [3.8, 4) is 22.4 Å². The van der Waals surface area contributed by atoms with Crippen molar-refractivity contribution >= 4 is 23.2 Å². The second-order valence-electron chi connectivity index (χ2n) is 9.19. The van der Waals surface area contributed by atoms with Gasteiger partial charge in [-0.1, -0.05) is 30.3 Å². The van der Waals surface area contributed by atoms with Crippen LogP contribution >= 0.6 is 0 Å². The van der Waals surface area contributed by atoms with Gasteiger partial charge < -0.3 is 9.80 Å². The van der Waals surface area contributed by atoms with Crippen molar-refractivity contribution in [1.29, 1.82) is 0 Å². The topological polar surface area (TPSA) is 53.5 Å². The van der Waals surface area contributed by atoms with Gasteiger partial charge in [0, 0.05) is 42.9 Å². The van der Waals surface area contributed by atoms with Gasteiger partial charge in [-0.25, -0.2) is 4.98 Å². The molecule has 0 bridgehead atoms. The summed E-state index contributed by atoms with van der Waals surface area (Å²) in [7, 11) is 0. The first-order valence-electron chi connectivity index (χ1n) is 12.2. The van der Waals surface area contributed by atoms with Crippen molar-refractivity contribution in [3.63, 3.8) is 0 Å². The number of halogens is 3. The van der Waals surface area contributed by atoms with E-state index in [1.54, 1.807) is 28.0 Å². The van der Waals surface area contributed by atoms with Gasteiger partial charge in [-0.2, -0.15) is 13.2 Å². The highest BCUT2D eigenvalue weighted by Gasteiger charge is 2.32. The lowest BCUT2D eigenvalue weighted by Crippen LogP contribution is -2.37. The average Bonchev–Trinajstić information content (AvgIpc) is 2.88. The first-order chi connectivity index (χ1) is 17.3. The normalized spacial score (nSPS) is 17.0. The SMILES string of the molecule is O=C1CCCCN1c1cc(-c2ccccc2-c2cccc(C(F)(F)F)n2)cc(N2CCCCC2=O)c1. The minimum Gasteiger partial charge on any atom is -0.312 e. The fraction of sp³-hybridized carbons (Fsp3) is 0.321. The molecule has 5 rings (SSSR count). The molecule has 0 N–H and O–H groups in total. The summed E-state index contributed by atoms with van der Waals surface area (Å²) in [6.07, 6.45) is -0.161. The molecule has 36 heavy (non-hydrogen) atoms. The molecule has 0 radical (unpaired) electrons. The number of rotatable bonds is 4. The molecule has 2 fully saturated rings. The Bertz CT molecular complexity index is 1260. The van der Waals surface area contributed by atoms with Gasteiger partial charge in [0.1, 0.15) is 5.69 Å².